The van der Waals surface area contributed by atoms with Crippen LogP contribution in [0.25, 0.3) is 0 Å². The van der Waals surface area contributed by atoms with E-state index in [0.717, 1.165) is 0 Å². The van der Waals surface area contributed by atoms with E-state index in [0.29, 0.717) is 11.4 Å². The fraction of sp³-hybridized carbons (Fsp3) is 0.333. The zero-order valence-electron chi connectivity index (χ0n) is 6.08. The molecule has 0 bridgehead atoms. The van der Waals surface area contributed by atoms with Gasteiger partial charge in [-0.05, 0) is 6.92 Å². The van der Waals surface area contributed by atoms with Gasteiger partial charge in [-0.25, -0.2) is 9.97 Å². The van der Waals surface area contributed by atoms with Crippen molar-refractivity contribution >= 4 is 17.3 Å². The molecule has 0 saturated heterocycles. The highest BCUT2D eigenvalue weighted by atomic mass is 35.5. The van der Waals surface area contributed by atoms with Crippen molar-refractivity contribution in [3.8, 4) is 0 Å². The number of rotatable bonds is 1. The predicted molar refractivity (Wildman–Crippen MR) is 44.1 cm³/mol. The number of hydrogen-bond acceptors (Lipinski definition) is 4. The number of anilines is 1. The van der Waals surface area contributed by atoms with Crippen LogP contribution in [0.4, 0.5) is 5.69 Å². The maximum absolute atomic E-state index is 5.63. The molecule has 1 aromatic heterocycles. The van der Waals surface area contributed by atoms with Gasteiger partial charge in [0.05, 0.1) is 11.4 Å². The van der Waals surface area contributed by atoms with E-state index in [-0.39, 0.29) is 11.2 Å². The van der Waals surface area contributed by atoms with Gasteiger partial charge in [-0.1, -0.05) is 11.6 Å². The zero-order chi connectivity index (χ0) is 8.43. The Bertz CT molecular complexity index is 261. The van der Waals surface area contributed by atoms with Gasteiger partial charge in [-0.15, -0.1) is 0 Å². The van der Waals surface area contributed by atoms with E-state index in [1.54, 1.807) is 6.92 Å². The molecule has 4 N–H and O–H groups in total. The zero-order valence-corrected chi connectivity index (χ0v) is 6.84. The molecule has 1 rings (SSSR count). The molecule has 0 aromatic carbocycles. The van der Waals surface area contributed by atoms with Crippen molar-refractivity contribution in [2.24, 2.45) is 5.73 Å². The number of hydrogen-bond donors (Lipinski definition) is 2. The van der Waals surface area contributed by atoms with Crippen molar-refractivity contribution in [2.45, 2.75) is 13.0 Å². The lowest BCUT2D eigenvalue weighted by Crippen LogP contribution is -2.11. The first-order chi connectivity index (χ1) is 5.13. The van der Waals surface area contributed by atoms with Crippen LogP contribution >= 0.6 is 11.6 Å². The second-order valence-electron chi connectivity index (χ2n) is 2.25. The minimum absolute atomic E-state index is 0.213. The highest BCUT2D eigenvalue weighted by molar-refractivity contribution is 6.31. The SMILES string of the molecule is CC(N)c1ncnc(Cl)c1N. The van der Waals surface area contributed by atoms with Crippen LogP contribution in [-0.2, 0) is 0 Å². The Morgan fingerprint density at radius 1 is 1.55 bits per heavy atom. The molecule has 0 aliphatic heterocycles. The predicted octanol–water partition coefficient (Wildman–Crippen LogP) is 0.732. The van der Waals surface area contributed by atoms with Crippen LogP contribution in [0.15, 0.2) is 6.33 Å². The molecule has 0 fully saturated rings. The summed E-state index contributed by atoms with van der Waals surface area (Å²) in [5.74, 6) is 0. The first-order valence-electron chi connectivity index (χ1n) is 3.14. The van der Waals surface area contributed by atoms with Crippen molar-refractivity contribution in [1.82, 2.24) is 9.97 Å². The Morgan fingerprint density at radius 2 is 2.18 bits per heavy atom. The first-order valence-corrected chi connectivity index (χ1v) is 3.52. The molecule has 1 aromatic rings. The van der Waals surface area contributed by atoms with Crippen molar-refractivity contribution in [1.29, 1.82) is 0 Å². The lowest BCUT2D eigenvalue weighted by atomic mass is 10.2. The summed E-state index contributed by atoms with van der Waals surface area (Å²) in [6, 6.07) is -0.213. The normalized spacial score (nSPS) is 13.0. The molecule has 0 aliphatic rings. The number of halogens is 1. The van der Waals surface area contributed by atoms with Gasteiger partial charge in [0.2, 0.25) is 0 Å². The molecule has 4 nitrogen and oxygen atoms in total. The Labute approximate surface area is 69.6 Å². The van der Waals surface area contributed by atoms with Crippen LogP contribution < -0.4 is 11.5 Å². The first kappa shape index (κ1) is 8.23. The summed E-state index contributed by atoms with van der Waals surface area (Å²) >= 11 is 5.63. The van der Waals surface area contributed by atoms with E-state index in [4.69, 9.17) is 23.1 Å². The summed E-state index contributed by atoms with van der Waals surface area (Å²) < 4.78 is 0. The molecule has 0 amide bonds. The molecule has 5 heteroatoms. The van der Waals surface area contributed by atoms with Crippen LogP contribution in [0.5, 0.6) is 0 Å². The largest absolute Gasteiger partial charge is 0.395 e. The third kappa shape index (κ3) is 1.58. The van der Waals surface area contributed by atoms with Gasteiger partial charge in [0.15, 0.2) is 5.15 Å². The van der Waals surface area contributed by atoms with Crippen LogP contribution in [0.1, 0.15) is 18.7 Å². The van der Waals surface area contributed by atoms with Gasteiger partial charge >= 0.3 is 0 Å². The maximum Gasteiger partial charge on any atom is 0.155 e. The molecule has 60 valence electrons. The minimum atomic E-state index is -0.213. The van der Waals surface area contributed by atoms with Crippen molar-refractivity contribution < 1.29 is 0 Å². The van der Waals surface area contributed by atoms with Crippen LogP contribution in [0.2, 0.25) is 5.15 Å². The lowest BCUT2D eigenvalue weighted by molar-refractivity contribution is 0.778. The van der Waals surface area contributed by atoms with Crippen LogP contribution in [0, 0.1) is 0 Å². The summed E-state index contributed by atoms with van der Waals surface area (Å²) in [7, 11) is 0. The van der Waals surface area contributed by atoms with E-state index < -0.39 is 0 Å². The van der Waals surface area contributed by atoms with Gasteiger partial charge in [-0.2, -0.15) is 0 Å². The minimum Gasteiger partial charge on any atom is -0.395 e. The molecule has 1 heterocycles. The van der Waals surface area contributed by atoms with Gasteiger partial charge < -0.3 is 11.5 Å². The number of nitrogen functional groups attached to an aromatic ring is 1. The quantitative estimate of drug-likeness (QED) is 0.613. The molecular weight excluding hydrogens is 164 g/mol. The summed E-state index contributed by atoms with van der Waals surface area (Å²) in [4.78, 5) is 7.59. The summed E-state index contributed by atoms with van der Waals surface area (Å²) in [5.41, 5.74) is 12.1. The fourth-order valence-electron chi connectivity index (χ4n) is 0.749. The number of aromatic nitrogens is 2. The maximum atomic E-state index is 5.63. The highest BCUT2D eigenvalue weighted by Crippen LogP contribution is 2.21. The topological polar surface area (TPSA) is 77.8 Å². The Kier molecular flexibility index (Phi) is 2.26. The molecule has 1 atom stereocenters. The second-order valence-corrected chi connectivity index (χ2v) is 2.61. The Morgan fingerprint density at radius 3 is 2.64 bits per heavy atom. The van der Waals surface area contributed by atoms with Crippen molar-refractivity contribution in [3.05, 3.63) is 17.2 Å². The van der Waals surface area contributed by atoms with E-state index in [1.165, 1.54) is 6.33 Å². The van der Waals surface area contributed by atoms with Crippen LogP contribution in [0.3, 0.4) is 0 Å². The summed E-state index contributed by atoms with van der Waals surface area (Å²) in [5, 5.41) is 0.257. The van der Waals surface area contributed by atoms with Crippen molar-refractivity contribution in [3.63, 3.8) is 0 Å². The third-order valence-electron chi connectivity index (χ3n) is 1.30. The molecule has 0 aliphatic carbocycles. The standard InChI is InChI=1S/C6H9ClN4/c1-3(8)5-4(9)6(7)11-2-10-5/h2-3H,8-9H2,1H3. The lowest BCUT2D eigenvalue weighted by Gasteiger charge is -2.07. The Hall–Kier alpha value is -0.870. The summed E-state index contributed by atoms with van der Waals surface area (Å²) in [6.07, 6.45) is 1.34. The van der Waals surface area contributed by atoms with Gasteiger partial charge in [-0.3, -0.25) is 0 Å². The van der Waals surface area contributed by atoms with Gasteiger partial charge in [0, 0.05) is 6.04 Å². The van der Waals surface area contributed by atoms with E-state index in [2.05, 4.69) is 9.97 Å². The monoisotopic (exact) mass is 172 g/mol. The molecule has 0 spiro atoms. The van der Waals surface area contributed by atoms with Gasteiger partial charge in [0.25, 0.3) is 0 Å². The van der Waals surface area contributed by atoms with Gasteiger partial charge in [0.1, 0.15) is 6.33 Å². The smallest absolute Gasteiger partial charge is 0.155 e. The van der Waals surface area contributed by atoms with Crippen molar-refractivity contribution in [2.75, 3.05) is 5.73 Å². The van der Waals surface area contributed by atoms with Crippen LogP contribution in [-0.4, -0.2) is 9.97 Å². The average molecular weight is 173 g/mol. The van der Waals surface area contributed by atoms with E-state index in [1.807, 2.05) is 0 Å². The summed E-state index contributed by atoms with van der Waals surface area (Å²) in [6.45, 7) is 1.79. The molecule has 0 saturated carbocycles. The second kappa shape index (κ2) is 3.02. The number of nitrogens with zero attached hydrogens (tertiary/aromatic N) is 2. The average Bonchev–Trinajstić information content (AvgIpc) is 1.94. The molecule has 1 unspecified atom stereocenters. The fourth-order valence-corrected chi connectivity index (χ4v) is 0.890. The number of nitrogens with two attached hydrogens (primary N) is 2. The molecule has 0 radical (unpaired) electrons. The van der Waals surface area contributed by atoms with E-state index >= 15 is 0 Å². The molecule has 11 heavy (non-hydrogen) atoms. The Balaban J connectivity index is 3.17. The van der Waals surface area contributed by atoms with E-state index in [9.17, 15) is 0 Å². The third-order valence-corrected chi connectivity index (χ3v) is 1.60. The molecular formula is C6H9ClN4. The highest BCUT2D eigenvalue weighted by Gasteiger charge is 2.08.